The summed E-state index contributed by atoms with van der Waals surface area (Å²) in [6.07, 6.45) is 5.87. The number of nitrogens with zero attached hydrogens (tertiary/aromatic N) is 1. The zero-order valence-corrected chi connectivity index (χ0v) is 11.5. The van der Waals surface area contributed by atoms with Crippen molar-refractivity contribution in [3.63, 3.8) is 0 Å². The molecule has 3 saturated heterocycles. The van der Waals surface area contributed by atoms with Gasteiger partial charge in [0.15, 0.2) is 0 Å². The van der Waals surface area contributed by atoms with Crippen molar-refractivity contribution >= 4 is 11.8 Å². The number of imide groups is 1. The SMILES string of the molecule is CCNC1CC2CCC(C1)N2C1CCC(=O)NC1=O. The van der Waals surface area contributed by atoms with E-state index in [0.717, 1.165) is 19.4 Å². The van der Waals surface area contributed by atoms with Gasteiger partial charge in [-0.15, -0.1) is 0 Å². The van der Waals surface area contributed by atoms with E-state index >= 15 is 0 Å². The Bertz CT molecular complexity index is 371. The molecule has 19 heavy (non-hydrogen) atoms. The molecule has 0 radical (unpaired) electrons. The van der Waals surface area contributed by atoms with E-state index in [2.05, 4.69) is 22.5 Å². The van der Waals surface area contributed by atoms with Crippen LogP contribution in [0.1, 0.15) is 45.4 Å². The first-order chi connectivity index (χ1) is 9.19. The Morgan fingerprint density at radius 2 is 1.89 bits per heavy atom. The van der Waals surface area contributed by atoms with Crippen LogP contribution in [0.2, 0.25) is 0 Å². The molecule has 0 saturated carbocycles. The summed E-state index contributed by atoms with van der Waals surface area (Å²) < 4.78 is 0. The molecular weight excluding hydrogens is 242 g/mol. The third-order valence-electron chi connectivity index (χ3n) is 4.85. The second-order valence-corrected chi connectivity index (χ2v) is 6.03. The fourth-order valence-corrected chi connectivity index (χ4v) is 4.14. The maximum absolute atomic E-state index is 12.0. The Morgan fingerprint density at radius 1 is 1.21 bits per heavy atom. The molecule has 2 amide bonds. The number of piperidine rings is 2. The lowest BCUT2D eigenvalue weighted by Gasteiger charge is -2.44. The molecule has 0 aromatic heterocycles. The minimum Gasteiger partial charge on any atom is -0.314 e. The van der Waals surface area contributed by atoms with Crippen molar-refractivity contribution in [2.45, 2.75) is 69.6 Å². The quantitative estimate of drug-likeness (QED) is 0.725. The van der Waals surface area contributed by atoms with Gasteiger partial charge in [0, 0.05) is 24.5 Å². The van der Waals surface area contributed by atoms with Crippen molar-refractivity contribution in [1.82, 2.24) is 15.5 Å². The molecule has 0 aromatic carbocycles. The summed E-state index contributed by atoms with van der Waals surface area (Å²) in [6, 6.07) is 1.57. The van der Waals surface area contributed by atoms with Crippen molar-refractivity contribution in [3.05, 3.63) is 0 Å². The van der Waals surface area contributed by atoms with Crippen LogP contribution in [0.25, 0.3) is 0 Å². The van der Waals surface area contributed by atoms with Crippen molar-refractivity contribution in [2.24, 2.45) is 0 Å². The molecule has 5 nitrogen and oxygen atoms in total. The highest BCUT2D eigenvalue weighted by atomic mass is 16.2. The zero-order chi connectivity index (χ0) is 13.4. The smallest absolute Gasteiger partial charge is 0.243 e. The molecule has 3 aliphatic rings. The van der Waals surface area contributed by atoms with Crippen LogP contribution in [0.3, 0.4) is 0 Å². The summed E-state index contributed by atoms with van der Waals surface area (Å²) in [5.41, 5.74) is 0. The molecule has 3 heterocycles. The highest BCUT2D eigenvalue weighted by Gasteiger charge is 2.46. The molecule has 0 aliphatic carbocycles. The number of carbonyl (C=O) groups is 2. The van der Waals surface area contributed by atoms with E-state index in [-0.39, 0.29) is 17.9 Å². The van der Waals surface area contributed by atoms with Crippen LogP contribution in [-0.4, -0.2) is 47.4 Å². The van der Waals surface area contributed by atoms with Crippen LogP contribution >= 0.6 is 0 Å². The largest absolute Gasteiger partial charge is 0.314 e. The lowest BCUT2D eigenvalue weighted by atomic mass is 9.92. The van der Waals surface area contributed by atoms with E-state index in [0.29, 0.717) is 31.0 Å². The van der Waals surface area contributed by atoms with Gasteiger partial charge in [0.05, 0.1) is 6.04 Å². The van der Waals surface area contributed by atoms with Crippen molar-refractivity contribution in [1.29, 1.82) is 0 Å². The van der Waals surface area contributed by atoms with Crippen LogP contribution in [0.5, 0.6) is 0 Å². The first-order valence-electron chi connectivity index (χ1n) is 7.53. The molecule has 0 aromatic rings. The topological polar surface area (TPSA) is 61.4 Å². The number of fused-ring (bicyclic) bond motifs is 2. The Balaban J connectivity index is 1.69. The molecule has 3 rings (SSSR count). The second kappa shape index (κ2) is 5.21. The van der Waals surface area contributed by atoms with E-state index in [1.165, 1.54) is 12.8 Å². The predicted octanol–water partition coefficient (Wildman–Crippen LogP) is 0.397. The van der Waals surface area contributed by atoms with Gasteiger partial charge in [0.1, 0.15) is 0 Å². The lowest BCUT2D eigenvalue weighted by Crippen LogP contribution is -2.59. The van der Waals surface area contributed by atoms with E-state index in [1.807, 2.05) is 0 Å². The first-order valence-corrected chi connectivity index (χ1v) is 7.53. The third-order valence-corrected chi connectivity index (χ3v) is 4.85. The fraction of sp³-hybridized carbons (Fsp3) is 0.857. The van der Waals surface area contributed by atoms with Gasteiger partial charge in [-0.05, 0) is 38.6 Å². The van der Waals surface area contributed by atoms with E-state index in [9.17, 15) is 9.59 Å². The minimum absolute atomic E-state index is 0.0715. The average molecular weight is 265 g/mol. The molecule has 2 bridgehead atoms. The van der Waals surface area contributed by atoms with Gasteiger partial charge in [-0.25, -0.2) is 0 Å². The fourth-order valence-electron chi connectivity index (χ4n) is 4.14. The molecular formula is C14H23N3O2. The number of amides is 2. The average Bonchev–Trinajstić information content (AvgIpc) is 2.63. The standard InChI is InChI=1S/C14H23N3O2/c1-2-15-9-7-10-3-4-11(8-9)17(10)12-5-6-13(18)16-14(12)19/h9-12,15H,2-8H2,1H3,(H,16,18,19). The highest BCUT2D eigenvalue weighted by molar-refractivity contribution is 6.00. The Morgan fingerprint density at radius 3 is 2.47 bits per heavy atom. The molecule has 2 N–H and O–H groups in total. The molecule has 106 valence electrons. The number of nitrogens with one attached hydrogen (secondary N) is 2. The zero-order valence-electron chi connectivity index (χ0n) is 11.5. The van der Waals surface area contributed by atoms with Crippen molar-refractivity contribution < 1.29 is 9.59 Å². The van der Waals surface area contributed by atoms with E-state index in [1.54, 1.807) is 0 Å². The lowest BCUT2D eigenvalue weighted by molar-refractivity contribution is -0.139. The maximum atomic E-state index is 12.0. The molecule has 3 atom stereocenters. The van der Waals surface area contributed by atoms with Crippen LogP contribution in [0, 0.1) is 0 Å². The number of hydrogen-bond acceptors (Lipinski definition) is 4. The molecule has 3 aliphatic heterocycles. The molecule has 3 fully saturated rings. The Hall–Kier alpha value is -0.940. The molecule has 5 heteroatoms. The molecule has 0 spiro atoms. The number of rotatable bonds is 3. The summed E-state index contributed by atoms with van der Waals surface area (Å²) in [6.45, 7) is 3.16. The summed E-state index contributed by atoms with van der Waals surface area (Å²) in [5.74, 6) is -0.189. The Kier molecular flexibility index (Phi) is 3.58. The van der Waals surface area contributed by atoms with Gasteiger partial charge in [0.25, 0.3) is 0 Å². The predicted molar refractivity (Wildman–Crippen MR) is 71.5 cm³/mol. The van der Waals surface area contributed by atoms with Gasteiger partial charge in [-0.1, -0.05) is 6.92 Å². The van der Waals surface area contributed by atoms with E-state index < -0.39 is 0 Å². The minimum atomic E-state index is -0.115. The summed E-state index contributed by atoms with van der Waals surface area (Å²) in [4.78, 5) is 25.7. The maximum Gasteiger partial charge on any atom is 0.243 e. The third kappa shape index (κ3) is 2.41. The van der Waals surface area contributed by atoms with Crippen molar-refractivity contribution in [2.75, 3.05) is 6.54 Å². The normalized spacial score (nSPS) is 39.4. The summed E-state index contributed by atoms with van der Waals surface area (Å²) in [5, 5.41) is 6.04. The van der Waals surface area contributed by atoms with E-state index in [4.69, 9.17) is 0 Å². The van der Waals surface area contributed by atoms with Gasteiger partial charge < -0.3 is 5.32 Å². The van der Waals surface area contributed by atoms with Crippen LogP contribution < -0.4 is 10.6 Å². The number of carbonyl (C=O) groups excluding carboxylic acids is 2. The summed E-state index contributed by atoms with van der Waals surface area (Å²) >= 11 is 0. The van der Waals surface area contributed by atoms with Gasteiger partial charge >= 0.3 is 0 Å². The van der Waals surface area contributed by atoms with Crippen LogP contribution in [0.4, 0.5) is 0 Å². The summed E-state index contributed by atoms with van der Waals surface area (Å²) in [7, 11) is 0. The van der Waals surface area contributed by atoms with Crippen LogP contribution in [0.15, 0.2) is 0 Å². The first kappa shape index (κ1) is 13.1. The van der Waals surface area contributed by atoms with Gasteiger partial charge in [0.2, 0.25) is 11.8 Å². The van der Waals surface area contributed by atoms with Gasteiger partial charge in [-0.2, -0.15) is 0 Å². The van der Waals surface area contributed by atoms with Crippen molar-refractivity contribution in [3.8, 4) is 0 Å². The van der Waals surface area contributed by atoms with Gasteiger partial charge in [-0.3, -0.25) is 19.8 Å². The molecule has 3 unspecified atom stereocenters. The van der Waals surface area contributed by atoms with Crippen LogP contribution in [-0.2, 0) is 9.59 Å². The monoisotopic (exact) mass is 265 g/mol. The second-order valence-electron chi connectivity index (χ2n) is 6.03. The highest BCUT2D eigenvalue weighted by Crippen LogP contribution is 2.38. The Labute approximate surface area is 114 Å². The number of hydrogen-bond donors (Lipinski definition) is 2.